The Morgan fingerprint density at radius 2 is 2.00 bits per heavy atom. The maximum atomic E-state index is 12.0. The van der Waals surface area contributed by atoms with Crippen LogP contribution in [-0.2, 0) is 4.74 Å². The summed E-state index contributed by atoms with van der Waals surface area (Å²) in [5, 5.41) is 0. The van der Waals surface area contributed by atoms with E-state index in [-0.39, 0.29) is 11.8 Å². The molecule has 3 N–H and O–H groups in total. The maximum absolute atomic E-state index is 12.0. The molecule has 1 heterocycles. The van der Waals surface area contributed by atoms with Crippen LogP contribution in [-0.4, -0.2) is 13.2 Å². The van der Waals surface area contributed by atoms with Crippen LogP contribution in [0.25, 0.3) is 0 Å². The van der Waals surface area contributed by atoms with Gasteiger partial charge in [0.25, 0.3) is 0 Å². The minimum Gasteiger partial charge on any atom is -0.496 e. The van der Waals surface area contributed by atoms with Gasteiger partial charge in [0.15, 0.2) is 0 Å². The van der Waals surface area contributed by atoms with Gasteiger partial charge in [-0.15, -0.1) is 0 Å². The number of nitrogens with two attached hydrogens (primary N) is 1. The van der Waals surface area contributed by atoms with Crippen molar-refractivity contribution in [2.45, 2.75) is 19.1 Å². The summed E-state index contributed by atoms with van der Waals surface area (Å²) in [7, 11) is 0. The molecule has 0 saturated heterocycles. The molecule has 0 saturated carbocycles. The third-order valence-corrected chi connectivity index (χ3v) is 2.62. The van der Waals surface area contributed by atoms with Crippen LogP contribution in [0.5, 0.6) is 5.75 Å². The quantitative estimate of drug-likeness (QED) is 0.625. The van der Waals surface area contributed by atoms with E-state index >= 15 is 0 Å². The predicted molar refractivity (Wildman–Crippen MR) is 61.8 cm³/mol. The molecular weight excluding hydrogens is 242 g/mol. The van der Waals surface area contributed by atoms with E-state index in [1.165, 1.54) is 12.1 Å². The Balaban J connectivity index is 2.11. The summed E-state index contributed by atoms with van der Waals surface area (Å²) in [4.78, 5) is 0. The predicted octanol–water partition coefficient (Wildman–Crippen LogP) is 2.10. The first kappa shape index (κ1) is 12.8. The molecule has 2 rings (SSSR count). The number of hydrazine groups is 1. The van der Waals surface area contributed by atoms with Gasteiger partial charge in [0.05, 0.1) is 6.61 Å². The van der Waals surface area contributed by atoms with Crippen molar-refractivity contribution in [3.8, 4) is 5.75 Å². The summed E-state index contributed by atoms with van der Waals surface area (Å²) in [5.41, 5.74) is 3.46. The fraction of sp³-hybridized carbons (Fsp3) is 0.333. The zero-order chi connectivity index (χ0) is 13.0. The smallest absolute Gasteiger partial charge is 0.387 e. The van der Waals surface area contributed by atoms with E-state index in [4.69, 9.17) is 10.6 Å². The number of alkyl halides is 2. The summed E-state index contributed by atoms with van der Waals surface area (Å²) < 4.78 is 33.7. The molecule has 1 atom stereocenters. The van der Waals surface area contributed by atoms with E-state index in [0.717, 1.165) is 17.7 Å². The fourth-order valence-corrected chi connectivity index (χ4v) is 1.82. The van der Waals surface area contributed by atoms with Crippen LogP contribution < -0.4 is 16.0 Å². The standard InChI is InChI=1S/C12H14F2N2O2/c13-12(14)18-9-5-3-8(4-6-9)11(16-15)10-2-1-7-17-10/h2-6,11-12,16H,1,7,15H2. The summed E-state index contributed by atoms with van der Waals surface area (Å²) in [6, 6.07) is 6.02. The van der Waals surface area contributed by atoms with E-state index in [2.05, 4.69) is 10.2 Å². The Bertz CT molecular complexity index is 421. The lowest BCUT2D eigenvalue weighted by Gasteiger charge is -2.17. The van der Waals surface area contributed by atoms with Crippen LogP contribution in [0, 0.1) is 0 Å². The minimum atomic E-state index is -2.82. The second-order valence-corrected chi connectivity index (χ2v) is 3.79. The highest BCUT2D eigenvalue weighted by atomic mass is 19.3. The molecule has 98 valence electrons. The zero-order valence-electron chi connectivity index (χ0n) is 9.61. The van der Waals surface area contributed by atoms with Gasteiger partial charge >= 0.3 is 6.61 Å². The highest BCUT2D eigenvalue weighted by Crippen LogP contribution is 2.27. The molecule has 4 nitrogen and oxygen atoms in total. The number of hydrogen-bond donors (Lipinski definition) is 2. The molecule has 0 fully saturated rings. The van der Waals surface area contributed by atoms with E-state index in [9.17, 15) is 8.78 Å². The first-order valence-corrected chi connectivity index (χ1v) is 5.54. The van der Waals surface area contributed by atoms with Crippen LogP contribution >= 0.6 is 0 Å². The molecule has 0 spiro atoms. The SMILES string of the molecule is NNC(C1=CCCO1)c1ccc(OC(F)F)cc1. The van der Waals surface area contributed by atoms with Crippen LogP contribution in [0.3, 0.4) is 0 Å². The highest BCUT2D eigenvalue weighted by molar-refractivity contribution is 5.32. The molecule has 0 bridgehead atoms. The molecule has 1 aromatic carbocycles. The molecule has 0 aliphatic carbocycles. The van der Waals surface area contributed by atoms with Crippen LogP contribution in [0.15, 0.2) is 36.1 Å². The van der Waals surface area contributed by atoms with Gasteiger partial charge in [-0.2, -0.15) is 8.78 Å². The fourth-order valence-electron chi connectivity index (χ4n) is 1.82. The lowest BCUT2D eigenvalue weighted by Crippen LogP contribution is -2.29. The Labute approximate surface area is 103 Å². The summed E-state index contributed by atoms with van der Waals surface area (Å²) >= 11 is 0. The van der Waals surface area contributed by atoms with Crippen LogP contribution in [0.1, 0.15) is 18.0 Å². The van der Waals surface area contributed by atoms with Crippen LogP contribution in [0.2, 0.25) is 0 Å². The van der Waals surface area contributed by atoms with Crippen molar-refractivity contribution >= 4 is 0 Å². The van der Waals surface area contributed by atoms with Crippen molar-refractivity contribution in [2.24, 2.45) is 5.84 Å². The number of halogens is 2. The second-order valence-electron chi connectivity index (χ2n) is 3.79. The molecule has 0 aromatic heterocycles. The van der Waals surface area contributed by atoms with Gasteiger partial charge < -0.3 is 9.47 Å². The van der Waals surface area contributed by atoms with E-state index < -0.39 is 6.61 Å². The van der Waals surface area contributed by atoms with Gasteiger partial charge in [0, 0.05) is 6.42 Å². The first-order valence-electron chi connectivity index (χ1n) is 5.54. The van der Waals surface area contributed by atoms with Gasteiger partial charge in [-0.3, -0.25) is 5.84 Å². The number of nitrogens with one attached hydrogen (secondary N) is 1. The Kier molecular flexibility index (Phi) is 4.11. The van der Waals surface area contributed by atoms with Crippen LogP contribution in [0.4, 0.5) is 8.78 Å². The maximum Gasteiger partial charge on any atom is 0.387 e. The average molecular weight is 256 g/mol. The van der Waals surface area contributed by atoms with Gasteiger partial charge in [0.1, 0.15) is 17.6 Å². The highest BCUT2D eigenvalue weighted by Gasteiger charge is 2.19. The van der Waals surface area contributed by atoms with E-state index in [0.29, 0.717) is 6.61 Å². The van der Waals surface area contributed by atoms with E-state index in [1.807, 2.05) is 6.08 Å². The molecule has 1 aliphatic rings. The monoisotopic (exact) mass is 256 g/mol. The lowest BCUT2D eigenvalue weighted by atomic mass is 10.1. The number of benzene rings is 1. The van der Waals surface area contributed by atoms with Gasteiger partial charge in [-0.1, -0.05) is 12.1 Å². The van der Waals surface area contributed by atoms with E-state index in [1.54, 1.807) is 12.1 Å². The van der Waals surface area contributed by atoms with Crippen molar-refractivity contribution in [2.75, 3.05) is 6.61 Å². The molecular formula is C12H14F2N2O2. The molecule has 6 heteroatoms. The third-order valence-electron chi connectivity index (χ3n) is 2.62. The molecule has 1 aliphatic heterocycles. The van der Waals surface area contributed by atoms with Crippen molar-refractivity contribution in [3.05, 3.63) is 41.7 Å². The number of rotatable bonds is 5. The van der Waals surface area contributed by atoms with Crippen molar-refractivity contribution < 1.29 is 18.3 Å². The largest absolute Gasteiger partial charge is 0.496 e. The van der Waals surface area contributed by atoms with Crippen molar-refractivity contribution in [1.82, 2.24) is 5.43 Å². The number of ether oxygens (including phenoxy) is 2. The minimum absolute atomic E-state index is 0.117. The Hall–Kier alpha value is -1.66. The average Bonchev–Trinajstić information content (AvgIpc) is 2.85. The number of hydrogen-bond acceptors (Lipinski definition) is 4. The molecule has 1 aromatic rings. The third kappa shape index (κ3) is 2.96. The van der Waals surface area contributed by atoms with Crippen molar-refractivity contribution in [1.29, 1.82) is 0 Å². The van der Waals surface area contributed by atoms with Gasteiger partial charge in [-0.05, 0) is 23.8 Å². The van der Waals surface area contributed by atoms with Crippen molar-refractivity contribution in [3.63, 3.8) is 0 Å². The van der Waals surface area contributed by atoms with Gasteiger partial charge in [-0.25, -0.2) is 5.43 Å². The lowest BCUT2D eigenvalue weighted by molar-refractivity contribution is -0.0498. The Morgan fingerprint density at radius 1 is 1.28 bits per heavy atom. The molecule has 0 radical (unpaired) electrons. The molecule has 0 amide bonds. The normalized spacial score (nSPS) is 16.3. The second kappa shape index (κ2) is 5.79. The van der Waals surface area contributed by atoms with Gasteiger partial charge in [0.2, 0.25) is 0 Å². The molecule has 18 heavy (non-hydrogen) atoms. The zero-order valence-corrected chi connectivity index (χ0v) is 9.61. The first-order chi connectivity index (χ1) is 8.70. The topological polar surface area (TPSA) is 56.5 Å². The summed E-state index contributed by atoms with van der Waals surface area (Å²) in [6.45, 7) is -2.18. The Morgan fingerprint density at radius 3 is 2.50 bits per heavy atom. The summed E-state index contributed by atoms with van der Waals surface area (Å²) in [6.07, 6.45) is 2.80. The molecule has 1 unspecified atom stereocenters. The summed E-state index contributed by atoms with van der Waals surface area (Å²) in [5.74, 6) is 6.35.